The van der Waals surface area contributed by atoms with E-state index in [9.17, 15) is 24.0 Å². The Balaban J connectivity index is 4.52. The average molecular weight is 422 g/mol. The lowest BCUT2D eigenvalue weighted by atomic mass is 10.0. The zero-order valence-corrected chi connectivity index (χ0v) is 17.2. The molecule has 0 rings (SSSR count). The van der Waals surface area contributed by atoms with Gasteiger partial charge in [-0.15, -0.1) is 12.3 Å². The van der Waals surface area contributed by atoms with Crippen LogP contribution < -0.4 is 32.3 Å². The summed E-state index contributed by atoms with van der Waals surface area (Å²) in [5.41, 5.74) is 5.48. The van der Waals surface area contributed by atoms with Crippen LogP contribution in [-0.2, 0) is 24.0 Å². The zero-order chi connectivity index (χ0) is 23.1. The maximum absolute atomic E-state index is 12.4. The Morgan fingerprint density at radius 3 is 2.17 bits per heavy atom. The summed E-state index contributed by atoms with van der Waals surface area (Å²) in [6, 6.07) is -1.76. The van der Waals surface area contributed by atoms with Gasteiger partial charge in [0.25, 0.3) is 0 Å². The van der Waals surface area contributed by atoms with Crippen molar-refractivity contribution in [3.8, 4) is 12.3 Å². The van der Waals surface area contributed by atoms with Crippen molar-refractivity contribution >= 4 is 30.0 Å². The third-order valence-electron chi connectivity index (χ3n) is 3.68. The molecule has 0 radical (unpaired) electrons. The van der Waals surface area contributed by atoms with Crippen LogP contribution in [0.4, 0.5) is 0 Å². The topological polar surface area (TPSA) is 172 Å². The van der Waals surface area contributed by atoms with Crippen LogP contribution >= 0.6 is 0 Å². The number of carbonyl (C=O) groups is 5. The molecule has 11 nitrogen and oxygen atoms in total. The predicted molar refractivity (Wildman–Crippen MR) is 110 cm³/mol. The van der Waals surface area contributed by atoms with Crippen LogP contribution in [-0.4, -0.2) is 61.8 Å². The Labute approximate surface area is 176 Å². The zero-order valence-electron chi connectivity index (χ0n) is 17.2. The monoisotopic (exact) mass is 422 g/mol. The number of rotatable bonds is 15. The van der Waals surface area contributed by atoms with E-state index in [1.54, 1.807) is 0 Å². The quantitative estimate of drug-likeness (QED) is 0.126. The molecule has 30 heavy (non-hydrogen) atoms. The molecule has 0 saturated heterocycles. The van der Waals surface area contributed by atoms with Gasteiger partial charge in [-0.2, -0.15) is 0 Å². The van der Waals surface area contributed by atoms with E-state index in [0.717, 1.165) is 0 Å². The van der Waals surface area contributed by atoms with Crippen molar-refractivity contribution in [1.82, 2.24) is 26.6 Å². The standard InChI is InChI=1S/C19H30N6O5/c1-5-6-14(18(20)29)24-17(28)10-22-13(4)8-23-19(30)15(7-12(2)3)25-16(27)9-21-11-26/h1,11-12,14-15,22H,4,6-10H2,2-3H3,(H2,20,29)(H,21,26)(H,23,30)(H,24,28)(H,25,27)/t14?,15-/m0/s1. The number of hydrogen-bond donors (Lipinski definition) is 6. The number of nitrogens with two attached hydrogens (primary N) is 1. The molecule has 0 bridgehead atoms. The smallest absolute Gasteiger partial charge is 0.242 e. The van der Waals surface area contributed by atoms with Gasteiger partial charge in [-0.3, -0.25) is 24.0 Å². The second-order valence-corrected chi connectivity index (χ2v) is 6.85. The Morgan fingerprint density at radius 1 is 1.03 bits per heavy atom. The number of terminal acetylenes is 1. The highest BCUT2D eigenvalue weighted by atomic mass is 16.2. The van der Waals surface area contributed by atoms with E-state index in [1.165, 1.54) is 0 Å². The van der Waals surface area contributed by atoms with Gasteiger partial charge in [0.2, 0.25) is 30.0 Å². The van der Waals surface area contributed by atoms with Gasteiger partial charge in [0.15, 0.2) is 0 Å². The van der Waals surface area contributed by atoms with E-state index in [4.69, 9.17) is 12.2 Å². The molecule has 0 aliphatic carbocycles. The van der Waals surface area contributed by atoms with Crippen molar-refractivity contribution < 1.29 is 24.0 Å². The van der Waals surface area contributed by atoms with Gasteiger partial charge in [-0.05, 0) is 12.3 Å². The molecule has 0 spiro atoms. The van der Waals surface area contributed by atoms with E-state index in [2.05, 4.69) is 39.1 Å². The van der Waals surface area contributed by atoms with Gasteiger partial charge in [0.05, 0.1) is 19.6 Å². The van der Waals surface area contributed by atoms with E-state index in [-0.39, 0.29) is 32.0 Å². The molecule has 0 aromatic heterocycles. The molecule has 0 saturated carbocycles. The number of hydrogen-bond acceptors (Lipinski definition) is 6. The van der Waals surface area contributed by atoms with Crippen LogP contribution in [0.15, 0.2) is 12.3 Å². The first-order chi connectivity index (χ1) is 14.1. The summed E-state index contributed by atoms with van der Waals surface area (Å²) < 4.78 is 0. The van der Waals surface area contributed by atoms with E-state index in [0.29, 0.717) is 18.5 Å². The maximum atomic E-state index is 12.4. The predicted octanol–water partition coefficient (Wildman–Crippen LogP) is -2.52. The first-order valence-electron chi connectivity index (χ1n) is 9.28. The highest BCUT2D eigenvalue weighted by Gasteiger charge is 2.22. The number of amides is 5. The molecule has 7 N–H and O–H groups in total. The summed E-state index contributed by atoms with van der Waals surface area (Å²) in [6.07, 6.45) is 5.88. The van der Waals surface area contributed by atoms with E-state index >= 15 is 0 Å². The lowest BCUT2D eigenvalue weighted by Gasteiger charge is -2.21. The molecule has 0 aromatic carbocycles. The third-order valence-corrected chi connectivity index (χ3v) is 3.68. The van der Waals surface area contributed by atoms with Gasteiger partial charge < -0.3 is 32.3 Å². The fourth-order valence-corrected chi connectivity index (χ4v) is 2.25. The summed E-state index contributed by atoms with van der Waals surface area (Å²) in [6.45, 7) is 7.07. The van der Waals surface area contributed by atoms with Crippen LogP contribution in [0.5, 0.6) is 0 Å². The van der Waals surface area contributed by atoms with Gasteiger partial charge in [0, 0.05) is 12.1 Å². The maximum Gasteiger partial charge on any atom is 0.242 e. The highest BCUT2D eigenvalue weighted by molar-refractivity contribution is 5.89. The van der Waals surface area contributed by atoms with Crippen LogP contribution in [0.25, 0.3) is 0 Å². The molecule has 1 unspecified atom stereocenters. The van der Waals surface area contributed by atoms with Crippen molar-refractivity contribution in [2.75, 3.05) is 19.6 Å². The first-order valence-corrected chi connectivity index (χ1v) is 9.28. The second kappa shape index (κ2) is 14.4. The van der Waals surface area contributed by atoms with Crippen molar-refractivity contribution in [3.05, 3.63) is 12.3 Å². The molecular formula is C19H30N6O5. The van der Waals surface area contributed by atoms with Crippen LogP contribution in [0, 0.1) is 18.3 Å². The van der Waals surface area contributed by atoms with Crippen molar-refractivity contribution in [2.24, 2.45) is 11.7 Å². The Morgan fingerprint density at radius 2 is 1.63 bits per heavy atom. The summed E-state index contributed by atoms with van der Waals surface area (Å²) in [5.74, 6) is 0.193. The Kier molecular flexibility index (Phi) is 12.7. The molecule has 0 aromatic rings. The SMILES string of the molecule is C#CCC(NC(=O)CNC(=C)CNC(=O)[C@H](CC(C)C)NC(=O)CNC=O)C(N)=O. The molecule has 5 amide bonds. The summed E-state index contributed by atoms with van der Waals surface area (Å²) in [4.78, 5) is 57.5. The minimum atomic E-state index is -0.966. The molecule has 2 atom stereocenters. The number of primary amides is 1. The minimum Gasteiger partial charge on any atom is -0.379 e. The molecule has 11 heteroatoms. The molecular weight excluding hydrogens is 392 g/mol. The lowest BCUT2D eigenvalue weighted by molar-refractivity contribution is -0.129. The second-order valence-electron chi connectivity index (χ2n) is 6.85. The van der Waals surface area contributed by atoms with Crippen molar-refractivity contribution in [3.63, 3.8) is 0 Å². The van der Waals surface area contributed by atoms with Crippen LogP contribution in [0.3, 0.4) is 0 Å². The van der Waals surface area contributed by atoms with E-state index in [1.807, 2.05) is 13.8 Å². The van der Waals surface area contributed by atoms with Gasteiger partial charge in [-0.25, -0.2) is 0 Å². The Hall–Kier alpha value is -3.55. The molecule has 0 heterocycles. The van der Waals surface area contributed by atoms with Crippen LogP contribution in [0.1, 0.15) is 26.7 Å². The summed E-state index contributed by atoms with van der Waals surface area (Å²) >= 11 is 0. The van der Waals surface area contributed by atoms with Gasteiger partial charge in [0.1, 0.15) is 12.1 Å². The highest BCUT2D eigenvalue weighted by Crippen LogP contribution is 2.05. The molecule has 0 fully saturated rings. The third kappa shape index (κ3) is 12.0. The largest absolute Gasteiger partial charge is 0.379 e. The Bertz CT molecular complexity index is 685. The average Bonchev–Trinajstić information content (AvgIpc) is 2.67. The number of nitrogens with one attached hydrogen (secondary N) is 5. The van der Waals surface area contributed by atoms with E-state index < -0.39 is 35.7 Å². The minimum absolute atomic E-state index is 0.00672. The first kappa shape index (κ1) is 26.4. The lowest BCUT2D eigenvalue weighted by Crippen LogP contribution is -2.50. The summed E-state index contributed by atoms with van der Waals surface area (Å²) in [7, 11) is 0. The van der Waals surface area contributed by atoms with Gasteiger partial charge >= 0.3 is 0 Å². The number of carbonyl (C=O) groups excluding carboxylic acids is 5. The fourth-order valence-electron chi connectivity index (χ4n) is 2.25. The van der Waals surface area contributed by atoms with Crippen molar-refractivity contribution in [1.29, 1.82) is 0 Å². The van der Waals surface area contributed by atoms with Crippen LogP contribution in [0.2, 0.25) is 0 Å². The van der Waals surface area contributed by atoms with Gasteiger partial charge in [-0.1, -0.05) is 20.4 Å². The van der Waals surface area contributed by atoms with Crippen molar-refractivity contribution in [2.45, 2.75) is 38.8 Å². The molecule has 166 valence electrons. The summed E-state index contributed by atoms with van der Waals surface area (Å²) in [5, 5.41) is 12.5. The molecule has 0 aliphatic rings. The normalized spacial score (nSPS) is 11.9. The fraction of sp³-hybridized carbons (Fsp3) is 0.526. The molecule has 0 aliphatic heterocycles.